The van der Waals surface area contributed by atoms with Crippen molar-refractivity contribution in [3.05, 3.63) is 18.0 Å². The number of carbonyl (C=O) groups excluding carboxylic acids is 1. The van der Waals surface area contributed by atoms with Crippen LogP contribution in [0.1, 0.15) is 18.4 Å². The second kappa shape index (κ2) is 5.20. The van der Waals surface area contributed by atoms with Gasteiger partial charge in [-0.05, 0) is 18.9 Å². The predicted octanol–water partition coefficient (Wildman–Crippen LogP) is 0.515. The van der Waals surface area contributed by atoms with Crippen LogP contribution in [0.25, 0.3) is 0 Å². The number of carboxylic acid groups (broad SMARTS) is 1. The van der Waals surface area contributed by atoms with Gasteiger partial charge in [0.1, 0.15) is 0 Å². The van der Waals surface area contributed by atoms with Crippen molar-refractivity contribution in [2.75, 3.05) is 13.1 Å². The van der Waals surface area contributed by atoms with Crippen molar-refractivity contribution in [2.45, 2.75) is 26.3 Å². The third kappa shape index (κ3) is 2.88. The third-order valence-corrected chi connectivity index (χ3v) is 3.21. The van der Waals surface area contributed by atoms with Crippen LogP contribution in [0.4, 0.5) is 0 Å². The van der Waals surface area contributed by atoms with Crippen molar-refractivity contribution < 1.29 is 14.7 Å². The SMILES string of the molecule is Cc1cnn(CCN2CC(C(=O)O)CCC2=O)c1. The summed E-state index contributed by atoms with van der Waals surface area (Å²) >= 11 is 0. The molecule has 18 heavy (non-hydrogen) atoms. The molecule has 6 nitrogen and oxygen atoms in total. The first-order valence-electron chi connectivity index (χ1n) is 6.06. The van der Waals surface area contributed by atoms with Crippen LogP contribution in [0.3, 0.4) is 0 Å². The van der Waals surface area contributed by atoms with Crippen LogP contribution in [0.2, 0.25) is 0 Å². The molecule has 2 rings (SSSR count). The summed E-state index contributed by atoms with van der Waals surface area (Å²) in [7, 11) is 0. The molecule has 1 unspecified atom stereocenters. The molecule has 0 radical (unpaired) electrons. The lowest BCUT2D eigenvalue weighted by molar-refractivity contribution is -0.147. The van der Waals surface area contributed by atoms with Gasteiger partial charge >= 0.3 is 5.97 Å². The van der Waals surface area contributed by atoms with Crippen molar-refractivity contribution in [1.29, 1.82) is 0 Å². The number of hydrogen-bond donors (Lipinski definition) is 1. The molecule has 1 aliphatic heterocycles. The van der Waals surface area contributed by atoms with Gasteiger partial charge in [-0.2, -0.15) is 5.10 Å². The van der Waals surface area contributed by atoms with Crippen LogP contribution in [0.15, 0.2) is 12.4 Å². The summed E-state index contributed by atoms with van der Waals surface area (Å²) in [5.74, 6) is -1.21. The first kappa shape index (κ1) is 12.6. The van der Waals surface area contributed by atoms with Crippen LogP contribution in [-0.2, 0) is 16.1 Å². The minimum absolute atomic E-state index is 0.0383. The van der Waals surface area contributed by atoms with Crippen molar-refractivity contribution in [2.24, 2.45) is 5.92 Å². The van der Waals surface area contributed by atoms with Gasteiger partial charge in [-0.3, -0.25) is 14.3 Å². The summed E-state index contributed by atoms with van der Waals surface area (Å²) in [6, 6.07) is 0. The number of carboxylic acids is 1. The van der Waals surface area contributed by atoms with Crippen molar-refractivity contribution >= 4 is 11.9 Å². The Kier molecular flexibility index (Phi) is 3.64. The van der Waals surface area contributed by atoms with Crippen molar-refractivity contribution in [3.63, 3.8) is 0 Å². The van der Waals surface area contributed by atoms with E-state index in [0.29, 0.717) is 32.5 Å². The zero-order chi connectivity index (χ0) is 13.1. The Hall–Kier alpha value is -1.85. The van der Waals surface area contributed by atoms with Gasteiger partial charge in [-0.25, -0.2) is 0 Å². The highest BCUT2D eigenvalue weighted by atomic mass is 16.4. The smallest absolute Gasteiger partial charge is 0.308 e. The second-order valence-corrected chi connectivity index (χ2v) is 4.69. The van der Waals surface area contributed by atoms with Gasteiger partial charge in [-0.1, -0.05) is 0 Å². The number of hydrogen-bond acceptors (Lipinski definition) is 3. The Morgan fingerprint density at radius 1 is 1.56 bits per heavy atom. The van der Waals surface area contributed by atoms with E-state index in [0.717, 1.165) is 5.56 Å². The Morgan fingerprint density at radius 2 is 2.33 bits per heavy atom. The van der Waals surface area contributed by atoms with Gasteiger partial charge < -0.3 is 10.0 Å². The van der Waals surface area contributed by atoms with E-state index in [1.165, 1.54) is 0 Å². The summed E-state index contributed by atoms with van der Waals surface area (Å²) in [5.41, 5.74) is 1.07. The van der Waals surface area contributed by atoms with E-state index in [2.05, 4.69) is 5.10 Å². The van der Waals surface area contributed by atoms with Crippen LogP contribution in [0.5, 0.6) is 0 Å². The van der Waals surface area contributed by atoms with E-state index >= 15 is 0 Å². The third-order valence-electron chi connectivity index (χ3n) is 3.21. The first-order chi connectivity index (χ1) is 8.56. The molecule has 6 heteroatoms. The topological polar surface area (TPSA) is 75.4 Å². The zero-order valence-electron chi connectivity index (χ0n) is 10.4. The quantitative estimate of drug-likeness (QED) is 0.846. The minimum atomic E-state index is -0.817. The van der Waals surface area contributed by atoms with E-state index in [9.17, 15) is 9.59 Å². The maximum atomic E-state index is 11.7. The average Bonchev–Trinajstić information content (AvgIpc) is 2.74. The van der Waals surface area contributed by atoms with Crippen molar-refractivity contribution in [1.82, 2.24) is 14.7 Å². The number of likely N-dealkylation sites (tertiary alicyclic amines) is 1. The zero-order valence-corrected chi connectivity index (χ0v) is 10.4. The lowest BCUT2D eigenvalue weighted by Crippen LogP contribution is -2.43. The van der Waals surface area contributed by atoms with Crippen molar-refractivity contribution in [3.8, 4) is 0 Å². The van der Waals surface area contributed by atoms with E-state index in [-0.39, 0.29) is 5.91 Å². The molecule has 0 aliphatic carbocycles. The van der Waals surface area contributed by atoms with E-state index in [1.807, 2.05) is 13.1 Å². The monoisotopic (exact) mass is 251 g/mol. The number of aryl methyl sites for hydroxylation is 1. The molecule has 1 aromatic heterocycles. The normalized spacial score (nSPS) is 20.2. The summed E-state index contributed by atoms with van der Waals surface area (Å²) in [4.78, 5) is 24.2. The Morgan fingerprint density at radius 3 is 2.94 bits per heavy atom. The minimum Gasteiger partial charge on any atom is -0.481 e. The Bertz CT molecular complexity index is 455. The van der Waals surface area contributed by atoms with Crippen LogP contribution >= 0.6 is 0 Å². The fourth-order valence-electron chi connectivity index (χ4n) is 2.14. The number of nitrogens with zero attached hydrogens (tertiary/aromatic N) is 3. The maximum Gasteiger partial charge on any atom is 0.308 e. The van der Waals surface area contributed by atoms with E-state index in [4.69, 9.17) is 5.11 Å². The van der Waals surface area contributed by atoms with Gasteiger partial charge in [0.05, 0.1) is 18.7 Å². The average molecular weight is 251 g/mol. The highest BCUT2D eigenvalue weighted by Crippen LogP contribution is 2.17. The van der Waals surface area contributed by atoms with Gasteiger partial charge in [-0.15, -0.1) is 0 Å². The highest BCUT2D eigenvalue weighted by molar-refractivity contribution is 5.80. The summed E-state index contributed by atoms with van der Waals surface area (Å²) < 4.78 is 1.77. The lowest BCUT2D eigenvalue weighted by Gasteiger charge is -2.30. The van der Waals surface area contributed by atoms with E-state index < -0.39 is 11.9 Å². The standard InChI is InChI=1S/C12H17N3O3/c1-9-6-13-15(7-9)5-4-14-8-10(12(17)18)2-3-11(14)16/h6-7,10H,2-5,8H2,1H3,(H,17,18). The number of aromatic nitrogens is 2. The molecule has 0 spiro atoms. The Labute approximate surface area is 105 Å². The first-order valence-corrected chi connectivity index (χ1v) is 6.06. The van der Waals surface area contributed by atoms with Crippen LogP contribution in [0, 0.1) is 12.8 Å². The fourth-order valence-corrected chi connectivity index (χ4v) is 2.14. The molecule has 0 aromatic carbocycles. The molecule has 1 N–H and O–H groups in total. The molecular formula is C12H17N3O3. The molecule has 98 valence electrons. The van der Waals surface area contributed by atoms with Crippen LogP contribution < -0.4 is 0 Å². The molecule has 1 saturated heterocycles. The number of amides is 1. The molecule has 0 bridgehead atoms. The number of piperidine rings is 1. The highest BCUT2D eigenvalue weighted by Gasteiger charge is 2.29. The largest absolute Gasteiger partial charge is 0.481 e. The summed E-state index contributed by atoms with van der Waals surface area (Å²) in [6.45, 7) is 3.39. The van der Waals surface area contributed by atoms with Gasteiger partial charge in [0.25, 0.3) is 0 Å². The molecule has 1 amide bonds. The second-order valence-electron chi connectivity index (χ2n) is 4.69. The fraction of sp³-hybridized carbons (Fsp3) is 0.583. The van der Waals surface area contributed by atoms with Crippen LogP contribution in [-0.4, -0.2) is 44.8 Å². The molecule has 2 heterocycles. The summed E-state index contributed by atoms with van der Waals surface area (Å²) in [6.07, 6.45) is 4.45. The predicted molar refractivity (Wildman–Crippen MR) is 63.9 cm³/mol. The lowest BCUT2D eigenvalue weighted by atomic mass is 9.98. The number of carbonyl (C=O) groups is 2. The maximum absolute atomic E-state index is 11.7. The Balaban J connectivity index is 1.90. The molecular weight excluding hydrogens is 234 g/mol. The van der Waals surface area contributed by atoms with Gasteiger partial charge in [0.15, 0.2) is 0 Å². The summed E-state index contributed by atoms with van der Waals surface area (Å²) in [5, 5.41) is 13.1. The molecule has 1 fully saturated rings. The van der Waals surface area contributed by atoms with Gasteiger partial charge in [0, 0.05) is 25.7 Å². The van der Waals surface area contributed by atoms with E-state index in [1.54, 1.807) is 15.8 Å². The molecule has 0 saturated carbocycles. The number of rotatable bonds is 4. The van der Waals surface area contributed by atoms with Gasteiger partial charge in [0.2, 0.25) is 5.91 Å². The number of aliphatic carboxylic acids is 1. The molecule has 1 aliphatic rings. The molecule has 1 aromatic rings. The molecule has 1 atom stereocenters.